The van der Waals surface area contributed by atoms with Crippen molar-refractivity contribution in [3.63, 3.8) is 0 Å². The molecular weight excluding hydrogens is 190 g/mol. The molecule has 0 rings (SSSR count). The highest BCUT2D eigenvalue weighted by molar-refractivity contribution is 5.94. The molecule has 3 nitrogen and oxygen atoms in total. The summed E-state index contributed by atoms with van der Waals surface area (Å²) in [6.07, 6.45) is 6.14. The van der Waals surface area contributed by atoms with Gasteiger partial charge in [-0.1, -0.05) is 32.6 Å². The van der Waals surface area contributed by atoms with Crippen LogP contribution in [0.25, 0.3) is 0 Å². The lowest BCUT2D eigenvalue weighted by molar-refractivity contribution is -0.143. The summed E-state index contributed by atoms with van der Waals surface area (Å²) < 4.78 is 0. The fourth-order valence-corrected chi connectivity index (χ4v) is 1.59. The van der Waals surface area contributed by atoms with E-state index >= 15 is 0 Å². The molecular formula is C12H23NO2. The molecule has 0 aliphatic heterocycles. The molecule has 0 aromatic rings. The molecule has 0 aromatic carbocycles. The number of carbonyl (C=O) groups is 2. The van der Waals surface area contributed by atoms with E-state index in [-0.39, 0.29) is 11.8 Å². The topological polar surface area (TPSA) is 37.4 Å². The van der Waals surface area contributed by atoms with Gasteiger partial charge in [-0.3, -0.25) is 14.5 Å². The first-order valence-corrected chi connectivity index (χ1v) is 5.94. The molecule has 0 N–H and O–H groups in total. The zero-order chi connectivity index (χ0) is 11.7. The van der Waals surface area contributed by atoms with E-state index in [1.54, 1.807) is 0 Å². The number of rotatable bonds is 7. The van der Waals surface area contributed by atoms with Gasteiger partial charge in [0.15, 0.2) is 0 Å². The summed E-state index contributed by atoms with van der Waals surface area (Å²) in [5.41, 5.74) is 0. The van der Waals surface area contributed by atoms with Crippen LogP contribution in [0.5, 0.6) is 0 Å². The Morgan fingerprint density at radius 2 is 1.60 bits per heavy atom. The quantitative estimate of drug-likeness (QED) is 0.610. The number of imide groups is 1. The van der Waals surface area contributed by atoms with E-state index in [1.165, 1.54) is 31.1 Å². The Kier molecular flexibility index (Phi) is 7.96. The van der Waals surface area contributed by atoms with Gasteiger partial charge in [-0.25, -0.2) is 0 Å². The lowest BCUT2D eigenvalue weighted by Crippen LogP contribution is -2.34. The molecule has 0 saturated carbocycles. The van der Waals surface area contributed by atoms with Gasteiger partial charge < -0.3 is 0 Å². The van der Waals surface area contributed by atoms with Gasteiger partial charge in [0, 0.05) is 19.9 Å². The lowest BCUT2D eigenvalue weighted by Gasteiger charge is -2.16. The summed E-state index contributed by atoms with van der Waals surface area (Å²) >= 11 is 0. The summed E-state index contributed by atoms with van der Waals surface area (Å²) in [6, 6.07) is 0. The Balaban J connectivity index is 3.67. The second-order valence-corrected chi connectivity index (χ2v) is 3.82. The smallest absolute Gasteiger partial charge is 0.229 e. The molecule has 0 aliphatic carbocycles. The van der Waals surface area contributed by atoms with Crippen molar-refractivity contribution in [3.8, 4) is 0 Å². The third-order valence-corrected chi connectivity index (χ3v) is 2.49. The van der Waals surface area contributed by atoms with Crippen LogP contribution >= 0.6 is 0 Å². The number of hydrogen-bond acceptors (Lipinski definition) is 2. The number of hydrogen-bond donors (Lipinski definition) is 0. The monoisotopic (exact) mass is 213 g/mol. The maximum absolute atomic E-state index is 11.6. The molecule has 0 radical (unpaired) electrons. The fraction of sp³-hybridized carbons (Fsp3) is 0.833. The molecule has 0 aromatic heterocycles. The van der Waals surface area contributed by atoms with Crippen LogP contribution in [0.3, 0.4) is 0 Å². The predicted molar refractivity (Wildman–Crippen MR) is 61.4 cm³/mol. The summed E-state index contributed by atoms with van der Waals surface area (Å²) in [5.74, 6) is -0.169. The van der Waals surface area contributed by atoms with Crippen LogP contribution < -0.4 is 0 Å². The summed E-state index contributed by atoms with van der Waals surface area (Å²) in [5, 5.41) is 0. The van der Waals surface area contributed by atoms with Crippen molar-refractivity contribution in [1.29, 1.82) is 0 Å². The van der Waals surface area contributed by atoms with Crippen molar-refractivity contribution in [1.82, 2.24) is 4.90 Å². The minimum absolute atomic E-state index is 0.0264. The first-order chi connectivity index (χ1) is 7.13. The number of carbonyl (C=O) groups excluding carboxylic acids is 2. The maximum atomic E-state index is 11.6. The van der Waals surface area contributed by atoms with Gasteiger partial charge in [-0.05, 0) is 13.3 Å². The van der Waals surface area contributed by atoms with Gasteiger partial charge in [0.25, 0.3) is 0 Å². The molecule has 0 fully saturated rings. The average molecular weight is 213 g/mol. The Hall–Kier alpha value is -0.860. The molecule has 0 atom stereocenters. The van der Waals surface area contributed by atoms with Crippen molar-refractivity contribution in [2.45, 2.75) is 59.3 Å². The van der Waals surface area contributed by atoms with E-state index in [1.807, 2.05) is 6.92 Å². The molecule has 0 saturated heterocycles. The molecule has 0 spiro atoms. The first-order valence-electron chi connectivity index (χ1n) is 5.94. The van der Waals surface area contributed by atoms with Crippen LogP contribution in [-0.2, 0) is 9.59 Å². The molecule has 0 aliphatic rings. The highest BCUT2D eigenvalue weighted by Crippen LogP contribution is 2.07. The highest BCUT2D eigenvalue weighted by Gasteiger charge is 2.14. The van der Waals surface area contributed by atoms with Crippen molar-refractivity contribution in [2.24, 2.45) is 0 Å². The predicted octanol–water partition coefficient (Wildman–Crippen LogP) is 2.74. The third-order valence-electron chi connectivity index (χ3n) is 2.49. The Labute approximate surface area is 92.8 Å². The van der Waals surface area contributed by atoms with Crippen molar-refractivity contribution in [3.05, 3.63) is 0 Å². The third kappa shape index (κ3) is 6.26. The van der Waals surface area contributed by atoms with Gasteiger partial charge in [0.05, 0.1) is 0 Å². The summed E-state index contributed by atoms with van der Waals surface area (Å²) in [7, 11) is 0. The minimum atomic E-state index is -0.143. The number of nitrogens with zero attached hydrogens (tertiary/aromatic N) is 1. The van der Waals surface area contributed by atoms with E-state index in [9.17, 15) is 9.59 Å². The van der Waals surface area contributed by atoms with Crippen LogP contribution in [0.2, 0.25) is 0 Å². The first kappa shape index (κ1) is 14.1. The normalized spacial score (nSPS) is 10.1. The molecule has 2 amide bonds. The van der Waals surface area contributed by atoms with Crippen molar-refractivity contribution >= 4 is 11.8 Å². The Bertz CT molecular complexity index is 202. The van der Waals surface area contributed by atoms with E-state index in [0.717, 1.165) is 12.8 Å². The molecule has 88 valence electrons. The van der Waals surface area contributed by atoms with Gasteiger partial charge in [0.1, 0.15) is 0 Å². The highest BCUT2D eigenvalue weighted by atomic mass is 16.2. The number of amides is 2. The van der Waals surface area contributed by atoms with E-state index in [4.69, 9.17) is 0 Å². The van der Waals surface area contributed by atoms with Crippen LogP contribution in [0, 0.1) is 0 Å². The lowest BCUT2D eigenvalue weighted by atomic mass is 10.1. The summed E-state index contributed by atoms with van der Waals surface area (Å²) in [4.78, 5) is 23.9. The molecule has 0 unspecified atom stereocenters. The Morgan fingerprint density at radius 3 is 2.07 bits per heavy atom. The maximum Gasteiger partial charge on any atom is 0.229 e. The molecule has 0 bridgehead atoms. The molecule has 0 heterocycles. The largest absolute Gasteiger partial charge is 0.283 e. The second-order valence-electron chi connectivity index (χ2n) is 3.82. The van der Waals surface area contributed by atoms with Gasteiger partial charge in [0.2, 0.25) is 11.8 Å². The minimum Gasteiger partial charge on any atom is -0.283 e. The van der Waals surface area contributed by atoms with E-state index in [0.29, 0.717) is 13.0 Å². The van der Waals surface area contributed by atoms with Gasteiger partial charge in [-0.15, -0.1) is 0 Å². The van der Waals surface area contributed by atoms with Gasteiger partial charge in [-0.2, -0.15) is 0 Å². The van der Waals surface area contributed by atoms with Crippen LogP contribution in [0.4, 0.5) is 0 Å². The average Bonchev–Trinajstić information content (AvgIpc) is 2.18. The fourth-order valence-electron chi connectivity index (χ4n) is 1.59. The van der Waals surface area contributed by atoms with Crippen LogP contribution in [-0.4, -0.2) is 23.3 Å². The Morgan fingerprint density at radius 1 is 1.00 bits per heavy atom. The van der Waals surface area contributed by atoms with E-state index < -0.39 is 0 Å². The van der Waals surface area contributed by atoms with Crippen molar-refractivity contribution in [2.75, 3.05) is 6.54 Å². The van der Waals surface area contributed by atoms with E-state index in [2.05, 4.69) is 6.92 Å². The van der Waals surface area contributed by atoms with Gasteiger partial charge >= 0.3 is 0 Å². The summed E-state index contributed by atoms with van der Waals surface area (Å²) in [6.45, 7) is 5.93. The van der Waals surface area contributed by atoms with Crippen molar-refractivity contribution < 1.29 is 9.59 Å². The zero-order valence-electron chi connectivity index (χ0n) is 10.2. The number of unbranched alkanes of at least 4 members (excludes halogenated alkanes) is 4. The second kappa shape index (κ2) is 8.45. The van der Waals surface area contributed by atoms with Crippen LogP contribution in [0.15, 0.2) is 0 Å². The van der Waals surface area contributed by atoms with Crippen LogP contribution in [0.1, 0.15) is 59.3 Å². The molecule has 3 heteroatoms. The SMILES string of the molecule is CCCCCCCC(=O)N(CC)C(C)=O. The molecule has 15 heavy (non-hydrogen) atoms. The standard InChI is InChI=1S/C12H23NO2/c1-4-6-7-8-9-10-12(15)13(5-2)11(3)14/h4-10H2,1-3H3. The zero-order valence-corrected chi connectivity index (χ0v) is 10.2.